The SMILES string of the molecule is Cc1ccc([C]2C=C2c2ccc(F)cc2F)c(-c2ccc3c(c2)C(=O)C#CC3=O)c1. The quantitative estimate of drug-likeness (QED) is 0.443. The second kappa shape index (κ2) is 6.60. The summed E-state index contributed by atoms with van der Waals surface area (Å²) in [5, 5.41) is 0. The lowest BCUT2D eigenvalue weighted by Gasteiger charge is -2.14. The normalized spacial score (nSPS) is 14.7. The van der Waals surface area contributed by atoms with Gasteiger partial charge in [-0.3, -0.25) is 9.59 Å². The molecule has 0 amide bonds. The number of Topliss-reactive ketones (excluding diaryl/α,β-unsaturated/α-hetero) is 2. The Balaban J connectivity index is 1.56. The fourth-order valence-electron chi connectivity index (χ4n) is 3.74. The van der Waals surface area contributed by atoms with Gasteiger partial charge in [-0.05, 0) is 65.3 Å². The monoisotopic (exact) mass is 395 g/mol. The molecule has 30 heavy (non-hydrogen) atoms. The van der Waals surface area contributed by atoms with Crippen molar-refractivity contribution in [3.63, 3.8) is 0 Å². The summed E-state index contributed by atoms with van der Waals surface area (Å²) < 4.78 is 27.5. The molecule has 3 aromatic rings. The molecule has 2 aliphatic rings. The average Bonchev–Trinajstić information content (AvgIpc) is 3.51. The summed E-state index contributed by atoms with van der Waals surface area (Å²) in [5.41, 5.74) is 5.19. The Bertz CT molecular complexity index is 1370. The van der Waals surface area contributed by atoms with Crippen LogP contribution >= 0.6 is 0 Å². The third kappa shape index (κ3) is 2.96. The number of allylic oxidation sites excluding steroid dienone is 2. The van der Waals surface area contributed by atoms with Crippen LogP contribution in [-0.2, 0) is 0 Å². The van der Waals surface area contributed by atoms with Crippen molar-refractivity contribution in [1.29, 1.82) is 0 Å². The van der Waals surface area contributed by atoms with Gasteiger partial charge in [0, 0.05) is 22.8 Å². The number of hydrogen-bond donors (Lipinski definition) is 0. The van der Waals surface area contributed by atoms with Gasteiger partial charge in [-0.15, -0.1) is 0 Å². The Kier molecular flexibility index (Phi) is 4.01. The molecule has 3 aromatic carbocycles. The van der Waals surface area contributed by atoms with Crippen molar-refractivity contribution >= 4 is 17.1 Å². The minimum absolute atomic E-state index is 0.294. The van der Waals surface area contributed by atoms with E-state index in [0.717, 1.165) is 34.2 Å². The van der Waals surface area contributed by atoms with Crippen molar-refractivity contribution in [2.45, 2.75) is 6.92 Å². The first kappa shape index (κ1) is 18.2. The summed E-state index contributed by atoms with van der Waals surface area (Å²) in [6.07, 6.45) is 1.85. The molecule has 0 saturated heterocycles. The van der Waals surface area contributed by atoms with Crippen LogP contribution in [0.25, 0.3) is 16.7 Å². The molecule has 2 aliphatic carbocycles. The second-order valence-electron chi connectivity index (χ2n) is 7.31. The maximum atomic E-state index is 14.2. The molecule has 4 heteroatoms. The van der Waals surface area contributed by atoms with Crippen molar-refractivity contribution in [3.05, 3.63) is 106 Å². The molecule has 0 heterocycles. The highest BCUT2D eigenvalue weighted by molar-refractivity contribution is 6.26. The molecule has 0 bridgehead atoms. The van der Waals surface area contributed by atoms with E-state index < -0.39 is 11.6 Å². The molecule has 0 fully saturated rings. The zero-order valence-corrected chi connectivity index (χ0v) is 15.8. The lowest BCUT2D eigenvalue weighted by atomic mass is 9.88. The Hall–Kier alpha value is -3.84. The van der Waals surface area contributed by atoms with Gasteiger partial charge in [0.15, 0.2) is 0 Å². The van der Waals surface area contributed by atoms with Crippen LogP contribution < -0.4 is 0 Å². The highest BCUT2D eigenvalue weighted by Gasteiger charge is 2.33. The molecule has 143 valence electrons. The Labute approximate surface area is 171 Å². The maximum Gasteiger partial charge on any atom is 0.237 e. The fraction of sp³-hybridized carbons (Fsp3) is 0.0385. The van der Waals surface area contributed by atoms with Gasteiger partial charge in [-0.1, -0.05) is 35.9 Å². The van der Waals surface area contributed by atoms with E-state index >= 15 is 0 Å². The molecule has 0 aliphatic heterocycles. The Morgan fingerprint density at radius 2 is 1.40 bits per heavy atom. The largest absolute Gasteiger partial charge is 0.279 e. The van der Waals surface area contributed by atoms with Gasteiger partial charge in [-0.2, -0.15) is 0 Å². The topological polar surface area (TPSA) is 34.1 Å². The van der Waals surface area contributed by atoms with E-state index in [0.29, 0.717) is 22.3 Å². The third-order valence-electron chi connectivity index (χ3n) is 5.29. The van der Waals surface area contributed by atoms with Crippen molar-refractivity contribution in [2.75, 3.05) is 0 Å². The van der Waals surface area contributed by atoms with Crippen LogP contribution in [0.3, 0.4) is 0 Å². The number of carbonyl (C=O) groups excluding carboxylic acids is 2. The van der Waals surface area contributed by atoms with Crippen molar-refractivity contribution < 1.29 is 18.4 Å². The van der Waals surface area contributed by atoms with Gasteiger partial charge in [0.25, 0.3) is 0 Å². The first-order valence-electron chi connectivity index (χ1n) is 9.33. The number of fused-ring (bicyclic) bond motifs is 1. The van der Waals surface area contributed by atoms with Gasteiger partial charge >= 0.3 is 0 Å². The molecule has 2 nitrogen and oxygen atoms in total. The van der Waals surface area contributed by atoms with E-state index in [1.54, 1.807) is 18.2 Å². The number of rotatable bonds is 3. The van der Waals surface area contributed by atoms with Crippen LogP contribution in [0.1, 0.15) is 37.4 Å². The predicted octanol–water partition coefficient (Wildman–Crippen LogP) is 5.34. The van der Waals surface area contributed by atoms with Gasteiger partial charge in [0.1, 0.15) is 11.6 Å². The van der Waals surface area contributed by atoms with E-state index in [-0.39, 0.29) is 11.6 Å². The molecule has 0 aromatic heterocycles. The lowest BCUT2D eigenvalue weighted by Crippen LogP contribution is -2.11. The first-order chi connectivity index (χ1) is 14.4. The van der Waals surface area contributed by atoms with Crippen LogP contribution in [-0.4, -0.2) is 11.6 Å². The van der Waals surface area contributed by atoms with Gasteiger partial charge < -0.3 is 0 Å². The van der Waals surface area contributed by atoms with E-state index in [9.17, 15) is 18.4 Å². The van der Waals surface area contributed by atoms with Crippen molar-refractivity contribution in [1.82, 2.24) is 0 Å². The van der Waals surface area contributed by atoms with E-state index in [1.165, 1.54) is 12.1 Å². The summed E-state index contributed by atoms with van der Waals surface area (Å²) in [6.45, 7) is 1.96. The van der Waals surface area contributed by atoms with E-state index in [1.807, 2.05) is 31.2 Å². The molecule has 0 saturated carbocycles. The lowest BCUT2D eigenvalue weighted by molar-refractivity contribution is 0.101. The minimum Gasteiger partial charge on any atom is -0.279 e. The molecule has 0 atom stereocenters. The second-order valence-corrected chi connectivity index (χ2v) is 7.31. The van der Waals surface area contributed by atoms with Crippen molar-refractivity contribution in [2.24, 2.45) is 0 Å². The number of carbonyl (C=O) groups is 2. The summed E-state index contributed by atoms with van der Waals surface area (Å²) in [7, 11) is 0. The summed E-state index contributed by atoms with van der Waals surface area (Å²) in [4.78, 5) is 24.2. The fourth-order valence-corrected chi connectivity index (χ4v) is 3.74. The number of ketones is 2. The van der Waals surface area contributed by atoms with Crippen LogP contribution in [0.5, 0.6) is 0 Å². The molecular weight excluding hydrogens is 382 g/mol. The number of hydrogen-bond acceptors (Lipinski definition) is 2. The Morgan fingerprint density at radius 3 is 2.17 bits per heavy atom. The minimum atomic E-state index is -0.619. The molecule has 0 N–H and O–H groups in total. The van der Waals surface area contributed by atoms with Crippen LogP contribution in [0.15, 0.2) is 60.7 Å². The average molecular weight is 395 g/mol. The molecular formula is C26H13F2O2. The zero-order chi connectivity index (χ0) is 21.0. The third-order valence-corrected chi connectivity index (χ3v) is 5.29. The van der Waals surface area contributed by atoms with Crippen LogP contribution in [0.4, 0.5) is 8.78 Å². The predicted molar refractivity (Wildman–Crippen MR) is 110 cm³/mol. The zero-order valence-electron chi connectivity index (χ0n) is 15.8. The Morgan fingerprint density at radius 1 is 0.700 bits per heavy atom. The van der Waals surface area contributed by atoms with Gasteiger partial charge in [0.05, 0.1) is 5.92 Å². The number of benzene rings is 3. The van der Waals surface area contributed by atoms with Gasteiger partial charge in [0.2, 0.25) is 11.6 Å². The van der Waals surface area contributed by atoms with E-state index in [2.05, 4.69) is 11.8 Å². The number of aryl methyl sites for hydroxylation is 1. The van der Waals surface area contributed by atoms with Gasteiger partial charge in [-0.25, -0.2) is 8.78 Å². The van der Waals surface area contributed by atoms with Crippen LogP contribution in [0.2, 0.25) is 0 Å². The maximum absolute atomic E-state index is 14.2. The molecule has 1 radical (unpaired) electrons. The summed E-state index contributed by atoms with van der Waals surface area (Å²) >= 11 is 0. The summed E-state index contributed by atoms with van der Waals surface area (Å²) in [5.74, 6) is 3.53. The van der Waals surface area contributed by atoms with Crippen molar-refractivity contribution in [3.8, 4) is 23.0 Å². The number of halogens is 2. The highest BCUT2D eigenvalue weighted by atomic mass is 19.1. The van der Waals surface area contributed by atoms with Crippen LogP contribution in [0, 0.1) is 36.3 Å². The molecule has 0 spiro atoms. The molecule has 0 unspecified atom stereocenters. The first-order valence-corrected chi connectivity index (χ1v) is 9.33. The van der Waals surface area contributed by atoms with E-state index in [4.69, 9.17) is 0 Å². The highest BCUT2D eigenvalue weighted by Crippen LogP contribution is 2.49. The summed E-state index contributed by atoms with van der Waals surface area (Å²) in [6, 6.07) is 14.5. The smallest absolute Gasteiger partial charge is 0.237 e. The molecule has 5 rings (SSSR count). The standard InChI is InChI=1S/C26H13F2O2/c1-14-2-5-17(21-13-22(21)18-7-4-16(27)12-24(18)28)20(10-14)15-3-6-19-23(11-15)26(30)9-8-25(19)29/h2-7,10-13H,1H3.